The molecule has 0 bridgehead atoms. The van der Waals surface area contributed by atoms with Crippen LogP contribution in [0.1, 0.15) is 33.1 Å². The number of hydrogen-bond donors (Lipinski definition) is 1. The van der Waals surface area contributed by atoms with Crippen molar-refractivity contribution in [2.24, 2.45) is 5.92 Å². The number of anilines is 1. The van der Waals surface area contributed by atoms with E-state index in [1.54, 1.807) is 29.8 Å². The Labute approximate surface area is 223 Å². The summed E-state index contributed by atoms with van der Waals surface area (Å²) < 4.78 is 18.4. The zero-order valence-corrected chi connectivity index (χ0v) is 22.5. The molecular weight excluding hydrogens is 484 g/mol. The molecule has 2 amide bonds. The third-order valence-electron chi connectivity index (χ3n) is 6.39. The third kappa shape index (κ3) is 6.72. The van der Waals surface area contributed by atoms with Crippen LogP contribution in [0.5, 0.6) is 11.5 Å². The smallest absolute Gasteiger partial charge is 0.246 e. The lowest BCUT2D eigenvalue weighted by molar-refractivity contribution is -0.136. The lowest BCUT2D eigenvalue weighted by Crippen LogP contribution is -2.42. The summed E-state index contributed by atoms with van der Waals surface area (Å²) >= 11 is 0. The van der Waals surface area contributed by atoms with Crippen molar-refractivity contribution in [2.75, 3.05) is 39.2 Å². The van der Waals surface area contributed by atoms with Gasteiger partial charge in [-0.1, -0.05) is 44.2 Å². The molecule has 1 saturated heterocycles. The minimum atomic E-state index is -0.327. The minimum Gasteiger partial charge on any atom is -0.493 e. The second-order valence-electron chi connectivity index (χ2n) is 9.78. The molecule has 9 nitrogen and oxygen atoms in total. The number of imidazole rings is 1. The van der Waals surface area contributed by atoms with Gasteiger partial charge in [-0.3, -0.25) is 19.5 Å². The molecule has 1 fully saturated rings. The number of ether oxygens (including phenoxy) is 3. The molecule has 1 aromatic heterocycles. The first kappa shape index (κ1) is 27.2. The van der Waals surface area contributed by atoms with Crippen LogP contribution in [0.2, 0.25) is 0 Å². The summed E-state index contributed by atoms with van der Waals surface area (Å²) in [6.45, 7) is 5.00. The molecule has 0 saturated carbocycles. The Morgan fingerprint density at radius 2 is 1.89 bits per heavy atom. The summed E-state index contributed by atoms with van der Waals surface area (Å²) in [7, 11) is 3.15. The predicted octanol–water partition coefficient (Wildman–Crippen LogP) is 4.55. The summed E-state index contributed by atoms with van der Waals surface area (Å²) in [5, 5.41) is 2.93. The van der Waals surface area contributed by atoms with E-state index in [0.717, 1.165) is 24.1 Å². The van der Waals surface area contributed by atoms with E-state index in [0.29, 0.717) is 42.7 Å². The highest BCUT2D eigenvalue weighted by Gasteiger charge is 2.25. The number of aromatic nitrogens is 2. The SMILES string of the molecule is COc1ccc(-n2cc(-c3ccccc3)nc2NC(=O)CN(C[C@H]2CCCO2)C(=O)CC(C)C)cc1OC. The van der Waals surface area contributed by atoms with Gasteiger partial charge in [0.1, 0.15) is 6.54 Å². The number of amides is 2. The second kappa shape index (κ2) is 12.6. The molecule has 0 unspecified atom stereocenters. The Kier molecular flexibility index (Phi) is 9.02. The zero-order chi connectivity index (χ0) is 27.1. The van der Waals surface area contributed by atoms with Crippen LogP contribution in [-0.4, -0.2) is 66.3 Å². The van der Waals surface area contributed by atoms with Crippen LogP contribution in [0, 0.1) is 5.92 Å². The molecule has 9 heteroatoms. The molecule has 1 atom stereocenters. The summed E-state index contributed by atoms with van der Waals surface area (Å²) in [6, 6.07) is 15.2. The first-order chi connectivity index (χ1) is 18.4. The average Bonchev–Trinajstić information content (AvgIpc) is 3.58. The molecule has 1 aliphatic rings. The molecule has 4 rings (SSSR count). The van der Waals surface area contributed by atoms with Gasteiger partial charge in [-0.2, -0.15) is 0 Å². The molecule has 0 radical (unpaired) electrons. The number of hydrogen-bond acceptors (Lipinski definition) is 6. The van der Waals surface area contributed by atoms with Crippen molar-refractivity contribution >= 4 is 17.8 Å². The van der Waals surface area contributed by atoms with Crippen molar-refractivity contribution in [3.05, 3.63) is 54.7 Å². The lowest BCUT2D eigenvalue weighted by atomic mass is 10.1. The second-order valence-corrected chi connectivity index (χ2v) is 9.78. The Hall–Kier alpha value is -3.85. The molecule has 1 N–H and O–H groups in total. The minimum absolute atomic E-state index is 0.0441. The number of rotatable bonds is 11. The Balaban J connectivity index is 1.62. The van der Waals surface area contributed by atoms with Crippen molar-refractivity contribution in [3.63, 3.8) is 0 Å². The van der Waals surface area contributed by atoms with Crippen LogP contribution in [0.15, 0.2) is 54.7 Å². The summed E-state index contributed by atoms with van der Waals surface area (Å²) in [4.78, 5) is 32.6. The van der Waals surface area contributed by atoms with Gasteiger partial charge in [0.25, 0.3) is 0 Å². The van der Waals surface area contributed by atoms with Crippen LogP contribution >= 0.6 is 0 Å². The number of nitrogens with zero attached hydrogens (tertiary/aromatic N) is 3. The van der Waals surface area contributed by atoms with Crippen molar-refractivity contribution < 1.29 is 23.8 Å². The van der Waals surface area contributed by atoms with Gasteiger partial charge in [0, 0.05) is 37.4 Å². The van der Waals surface area contributed by atoms with Crippen LogP contribution in [0.4, 0.5) is 5.95 Å². The number of methoxy groups -OCH3 is 2. The molecule has 2 heterocycles. The largest absolute Gasteiger partial charge is 0.493 e. The number of nitrogens with one attached hydrogen (secondary N) is 1. The topological polar surface area (TPSA) is 94.9 Å². The quantitative estimate of drug-likeness (QED) is 0.399. The molecule has 0 aliphatic carbocycles. The van der Waals surface area contributed by atoms with Crippen LogP contribution in [-0.2, 0) is 14.3 Å². The fourth-order valence-corrected chi connectivity index (χ4v) is 4.49. The van der Waals surface area contributed by atoms with Gasteiger partial charge in [0.2, 0.25) is 17.8 Å². The Morgan fingerprint density at radius 1 is 1.13 bits per heavy atom. The molecule has 3 aromatic rings. The molecule has 38 heavy (non-hydrogen) atoms. The van der Waals surface area contributed by atoms with Crippen molar-refractivity contribution in [1.82, 2.24) is 14.5 Å². The predicted molar refractivity (Wildman–Crippen MR) is 146 cm³/mol. The van der Waals surface area contributed by atoms with Gasteiger partial charge in [0.05, 0.1) is 31.7 Å². The van der Waals surface area contributed by atoms with Gasteiger partial charge in [-0.25, -0.2) is 4.98 Å². The van der Waals surface area contributed by atoms with Crippen molar-refractivity contribution in [2.45, 2.75) is 39.2 Å². The first-order valence-corrected chi connectivity index (χ1v) is 12.9. The molecular formula is C29H36N4O5. The van der Waals surface area contributed by atoms with E-state index in [1.165, 1.54) is 0 Å². The fraction of sp³-hybridized carbons (Fsp3) is 0.414. The van der Waals surface area contributed by atoms with Gasteiger partial charge in [-0.05, 0) is 30.9 Å². The van der Waals surface area contributed by atoms with E-state index >= 15 is 0 Å². The normalized spacial score (nSPS) is 14.9. The average molecular weight is 521 g/mol. The molecule has 2 aromatic carbocycles. The van der Waals surface area contributed by atoms with Gasteiger partial charge < -0.3 is 19.1 Å². The lowest BCUT2D eigenvalue weighted by Gasteiger charge is -2.25. The maximum absolute atomic E-state index is 13.3. The standard InChI is InChI=1S/C29H36N4O5/c1-20(2)15-28(35)32(17-23-11-8-14-38-23)19-27(34)31-29-30-24(21-9-6-5-7-10-21)18-33(29)22-12-13-25(36-3)26(16-22)37-4/h5-7,9-10,12-13,16,18,20,23H,8,11,14-15,17,19H2,1-4H3,(H,30,31,34)/t23-/m1/s1. The van der Waals surface area contributed by atoms with Gasteiger partial charge >= 0.3 is 0 Å². The fourth-order valence-electron chi connectivity index (χ4n) is 4.49. The van der Waals surface area contributed by atoms with E-state index < -0.39 is 0 Å². The van der Waals surface area contributed by atoms with E-state index in [1.807, 2.05) is 62.5 Å². The Morgan fingerprint density at radius 3 is 2.55 bits per heavy atom. The van der Waals surface area contributed by atoms with E-state index in [4.69, 9.17) is 19.2 Å². The van der Waals surface area contributed by atoms with Crippen molar-refractivity contribution in [3.8, 4) is 28.4 Å². The van der Waals surface area contributed by atoms with E-state index in [-0.39, 0.29) is 30.4 Å². The zero-order valence-electron chi connectivity index (χ0n) is 22.5. The van der Waals surface area contributed by atoms with Gasteiger partial charge in [-0.15, -0.1) is 0 Å². The van der Waals surface area contributed by atoms with Crippen LogP contribution < -0.4 is 14.8 Å². The van der Waals surface area contributed by atoms with Gasteiger partial charge in [0.15, 0.2) is 11.5 Å². The monoisotopic (exact) mass is 520 g/mol. The first-order valence-electron chi connectivity index (χ1n) is 12.9. The maximum Gasteiger partial charge on any atom is 0.246 e. The Bertz CT molecular complexity index is 1240. The number of benzene rings is 2. The van der Waals surface area contributed by atoms with E-state index in [9.17, 15) is 9.59 Å². The van der Waals surface area contributed by atoms with Crippen LogP contribution in [0.25, 0.3) is 16.9 Å². The highest BCUT2D eigenvalue weighted by Crippen LogP contribution is 2.32. The summed E-state index contributed by atoms with van der Waals surface area (Å²) in [5.41, 5.74) is 2.34. The van der Waals surface area contributed by atoms with Crippen LogP contribution in [0.3, 0.4) is 0 Å². The molecule has 1 aliphatic heterocycles. The molecule has 202 valence electrons. The maximum atomic E-state index is 13.3. The highest BCUT2D eigenvalue weighted by atomic mass is 16.5. The highest BCUT2D eigenvalue weighted by molar-refractivity contribution is 5.94. The number of carbonyl (C=O) groups is 2. The summed E-state index contributed by atoms with van der Waals surface area (Å²) in [5.74, 6) is 1.30. The summed E-state index contributed by atoms with van der Waals surface area (Å²) in [6.07, 6.45) is 4.04. The van der Waals surface area contributed by atoms with Crippen molar-refractivity contribution in [1.29, 1.82) is 0 Å². The van der Waals surface area contributed by atoms with E-state index in [2.05, 4.69) is 5.32 Å². The third-order valence-corrected chi connectivity index (χ3v) is 6.39. The number of carbonyl (C=O) groups excluding carboxylic acids is 2. The molecule has 0 spiro atoms.